The molecule has 0 aromatic rings. The zero-order valence-corrected chi connectivity index (χ0v) is 6.64. The first-order valence-electron chi connectivity index (χ1n) is 3.13. The third-order valence-electron chi connectivity index (χ3n) is 1.12. The third kappa shape index (κ3) is 2.45. The van der Waals surface area contributed by atoms with Gasteiger partial charge in [-0.25, -0.2) is 0 Å². The fourth-order valence-corrected chi connectivity index (χ4v) is 1.25. The Morgan fingerprint density at radius 2 is 2.38 bits per heavy atom. The Balaban J connectivity index is 1.74. The van der Waals surface area contributed by atoms with Crippen molar-refractivity contribution in [2.75, 3.05) is 6.61 Å². The van der Waals surface area contributed by atoms with Crippen LogP contribution in [0.2, 0.25) is 0 Å². The second-order valence-corrected chi connectivity index (χ2v) is 2.95. The van der Waals surface area contributed by atoms with E-state index in [-0.39, 0.29) is 0 Å². The molecule has 0 aromatic carbocycles. The van der Waals surface area contributed by atoms with Crippen molar-refractivity contribution < 1.29 is 8.85 Å². The molecule has 1 aliphatic carbocycles. The van der Waals surface area contributed by atoms with Gasteiger partial charge < -0.3 is 8.85 Å². The van der Waals surface area contributed by atoms with Gasteiger partial charge in [-0.3, -0.25) is 0 Å². The molecule has 1 aliphatic rings. The predicted molar refractivity (Wildman–Crippen MR) is 34.3 cm³/mol. The van der Waals surface area contributed by atoms with E-state index in [0.717, 1.165) is 6.61 Å². The summed E-state index contributed by atoms with van der Waals surface area (Å²) >= 11 is 0. The molecule has 2 nitrogen and oxygen atoms in total. The van der Waals surface area contributed by atoms with Crippen LogP contribution in [0.4, 0.5) is 0 Å². The van der Waals surface area contributed by atoms with Crippen LogP contribution in [-0.2, 0) is 8.85 Å². The molecule has 0 saturated heterocycles. The number of hydrogen-bond donors (Lipinski definition) is 0. The van der Waals surface area contributed by atoms with E-state index < -0.39 is 10.0 Å². The van der Waals surface area contributed by atoms with E-state index in [0.29, 0.717) is 6.10 Å². The highest BCUT2D eigenvalue weighted by Gasteiger charge is 2.21. The van der Waals surface area contributed by atoms with Crippen LogP contribution >= 0.6 is 0 Å². The lowest BCUT2D eigenvalue weighted by atomic mass is 10.9. The molecular weight excluding hydrogens is 120 g/mol. The van der Waals surface area contributed by atoms with Gasteiger partial charge in [0.25, 0.3) is 0 Å². The molecule has 0 atom stereocenters. The Morgan fingerprint density at radius 1 is 1.62 bits per heavy atom. The summed E-state index contributed by atoms with van der Waals surface area (Å²) in [5.41, 5.74) is 0. The first kappa shape index (κ1) is 6.26. The van der Waals surface area contributed by atoms with Crippen molar-refractivity contribution in [3.63, 3.8) is 0 Å². The van der Waals surface area contributed by atoms with Gasteiger partial charge in [0.1, 0.15) is 0 Å². The van der Waals surface area contributed by atoms with Crippen molar-refractivity contribution in [3.8, 4) is 0 Å². The molecule has 0 heterocycles. The van der Waals surface area contributed by atoms with Gasteiger partial charge in [0, 0.05) is 12.7 Å². The molecule has 0 spiro atoms. The average molecular weight is 132 g/mol. The molecule has 3 heteroatoms. The maximum atomic E-state index is 5.31. The van der Waals surface area contributed by atoms with Gasteiger partial charge in [0.05, 0.1) is 0 Å². The molecule has 0 N–H and O–H groups in total. The fraction of sp³-hybridized carbons (Fsp3) is 1.00. The van der Waals surface area contributed by atoms with Gasteiger partial charge in [-0.05, 0) is 19.8 Å². The number of hydrogen-bond acceptors (Lipinski definition) is 2. The summed E-state index contributed by atoms with van der Waals surface area (Å²) in [6, 6.07) is 0. The van der Waals surface area contributed by atoms with Crippen molar-refractivity contribution >= 4 is 10.0 Å². The highest BCUT2D eigenvalue weighted by atomic mass is 28.3. The molecule has 0 bridgehead atoms. The molecule has 0 aromatic heterocycles. The Bertz CT molecular complexity index is 63.4. The summed E-state index contributed by atoms with van der Waals surface area (Å²) < 4.78 is 10.4. The minimum Gasteiger partial charge on any atom is -0.399 e. The molecular formula is C5H12O2Si. The summed E-state index contributed by atoms with van der Waals surface area (Å²) in [6.07, 6.45) is 3.12. The highest BCUT2D eigenvalue weighted by molar-refractivity contribution is 6.18. The van der Waals surface area contributed by atoms with E-state index in [1.54, 1.807) is 0 Å². The van der Waals surface area contributed by atoms with Crippen LogP contribution in [-0.4, -0.2) is 22.7 Å². The summed E-state index contributed by atoms with van der Waals surface area (Å²) in [5, 5.41) is 0. The van der Waals surface area contributed by atoms with Crippen molar-refractivity contribution in [2.45, 2.75) is 25.9 Å². The first-order chi connectivity index (χ1) is 3.93. The largest absolute Gasteiger partial charge is 0.399 e. The standard InChI is InChI=1S/C5H12O2Si/c1-2-6-8-7-5-3-4-5/h5H,2-4,8H2,1H3. The molecule has 8 heavy (non-hydrogen) atoms. The molecule has 0 radical (unpaired) electrons. The molecule has 1 fully saturated rings. The lowest BCUT2D eigenvalue weighted by molar-refractivity contribution is 0.221. The van der Waals surface area contributed by atoms with Crippen molar-refractivity contribution in [2.24, 2.45) is 0 Å². The van der Waals surface area contributed by atoms with E-state index in [2.05, 4.69) is 0 Å². The SMILES string of the molecule is CCO[SiH2]OC1CC1. The summed E-state index contributed by atoms with van der Waals surface area (Å²) in [6.45, 7) is 2.82. The van der Waals surface area contributed by atoms with E-state index in [4.69, 9.17) is 8.85 Å². The normalized spacial score (nSPS) is 20.6. The molecule has 1 rings (SSSR count). The molecule has 48 valence electrons. The van der Waals surface area contributed by atoms with E-state index >= 15 is 0 Å². The van der Waals surface area contributed by atoms with Gasteiger partial charge in [-0.15, -0.1) is 0 Å². The van der Waals surface area contributed by atoms with Gasteiger partial charge in [-0.2, -0.15) is 0 Å². The zero-order chi connectivity index (χ0) is 5.82. The monoisotopic (exact) mass is 132 g/mol. The molecule has 0 aliphatic heterocycles. The smallest absolute Gasteiger partial charge is 0.304 e. The lowest BCUT2D eigenvalue weighted by Gasteiger charge is -1.98. The quantitative estimate of drug-likeness (QED) is 0.402. The molecule has 0 amide bonds. The van der Waals surface area contributed by atoms with Crippen LogP contribution in [0.3, 0.4) is 0 Å². The van der Waals surface area contributed by atoms with Crippen LogP contribution < -0.4 is 0 Å². The molecule has 0 unspecified atom stereocenters. The highest BCUT2D eigenvalue weighted by Crippen LogP contribution is 2.22. The summed E-state index contributed by atoms with van der Waals surface area (Å²) in [7, 11) is -0.574. The van der Waals surface area contributed by atoms with Crippen LogP contribution in [0.5, 0.6) is 0 Å². The minimum atomic E-state index is -0.574. The van der Waals surface area contributed by atoms with Crippen molar-refractivity contribution in [1.29, 1.82) is 0 Å². The summed E-state index contributed by atoms with van der Waals surface area (Å²) in [5.74, 6) is 0. The minimum absolute atomic E-state index is 0.574. The first-order valence-corrected chi connectivity index (χ1v) is 4.28. The summed E-state index contributed by atoms with van der Waals surface area (Å²) in [4.78, 5) is 0. The van der Waals surface area contributed by atoms with Crippen LogP contribution in [0.25, 0.3) is 0 Å². The Labute approximate surface area is 52.2 Å². The van der Waals surface area contributed by atoms with E-state index in [1.807, 2.05) is 6.92 Å². The van der Waals surface area contributed by atoms with Crippen molar-refractivity contribution in [1.82, 2.24) is 0 Å². The Hall–Kier alpha value is 0.137. The lowest BCUT2D eigenvalue weighted by Crippen LogP contribution is -2.04. The van der Waals surface area contributed by atoms with Gasteiger partial charge in [-0.1, -0.05) is 0 Å². The second-order valence-electron chi connectivity index (χ2n) is 1.98. The Kier molecular flexibility index (Phi) is 2.52. The van der Waals surface area contributed by atoms with Crippen LogP contribution in [0.15, 0.2) is 0 Å². The van der Waals surface area contributed by atoms with Crippen molar-refractivity contribution in [3.05, 3.63) is 0 Å². The van der Waals surface area contributed by atoms with Gasteiger partial charge in [0.2, 0.25) is 0 Å². The van der Waals surface area contributed by atoms with Gasteiger partial charge in [0.15, 0.2) is 0 Å². The predicted octanol–water partition coefficient (Wildman–Crippen LogP) is 0.201. The average Bonchev–Trinajstić information content (AvgIpc) is 2.51. The van der Waals surface area contributed by atoms with E-state index in [9.17, 15) is 0 Å². The van der Waals surface area contributed by atoms with Crippen LogP contribution in [0, 0.1) is 0 Å². The van der Waals surface area contributed by atoms with Crippen LogP contribution in [0.1, 0.15) is 19.8 Å². The third-order valence-corrected chi connectivity index (χ3v) is 2.30. The maximum Gasteiger partial charge on any atom is 0.304 e. The molecule has 1 saturated carbocycles. The second kappa shape index (κ2) is 3.22. The Morgan fingerprint density at radius 3 is 2.88 bits per heavy atom. The topological polar surface area (TPSA) is 18.5 Å². The zero-order valence-electron chi connectivity index (χ0n) is 5.22. The number of rotatable bonds is 4. The maximum absolute atomic E-state index is 5.31. The van der Waals surface area contributed by atoms with E-state index in [1.165, 1.54) is 12.8 Å². The fourth-order valence-electron chi connectivity index (χ4n) is 0.462. The van der Waals surface area contributed by atoms with Gasteiger partial charge >= 0.3 is 10.0 Å².